The molecule has 0 saturated heterocycles. The van der Waals surface area contributed by atoms with Crippen LogP contribution in [0.1, 0.15) is 9.67 Å². The molecule has 0 radical (unpaired) electrons. The predicted molar refractivity (Wildman–Crippen MR) is 76.9 cm³/mol. The van der Waals surface area contributed by atoms with Crippen LogP contribution in [0, 0.1) is 0 Å². The number of fused-ring (bicyclic) bond motifs is 1. The molecule has 3 nitrogen and oxygen atoms in total. The lowest BCUT2D eigenvalue weighted by Gasteiger charge is -1.96. The molecule has 6 heteroatoms. The van der Waals surface area contributed by atoms with Crippen LogP contribution in [0.25, 0.3) is 10.2 Å². The van der Waals surface area contributed by atoms with Gasteiger partial charge in [0.05, 0.1) is 14.6 Å². The number of rotatable bonds is 2. The maximum atomic E-state index is 11.9. The minimum absolute atomic E-state index is 0.139. The number of nitrogens with zero attached hydrogens (tertiary/aromatic N) is 1. The van der Waals surface area contributed by atoms with Crippen molar-refractivity contribution >= 4 is 55.5 Å². The second kappa shape index (κ2) is 4.68. The van der Waals surface area contributed by atoms with E-state index in [1.165, 1.54) is 22.7 Å². The fourth-order valence-electron chi connectivity index (χ4n) is 1.53. The third kappa shape index (κ3) is 2.12. The van der Waals surface area contributed by atoms with Gasteiger partial charge in [0.25, 0.3) is 5.91 Å². The molecule has 0 bridgehead atoms. The molecule has 0 fully saturated rings. The number of benzene rings is 1. The molecular weight excluding hydrogens is 288 g/mol. The first-order valence-electron chi connectivity index (χ1n) is 5.14. The van der Waals surface area contributed by atoms with Gasteiger partial charge in [-0.25, -0.2) is 4.98 Å². The molecular formula is C12H7ClN2OS2. The summed E-state index contributed by atoms with van der Waals surface area (Å²) in [5.41, 5.74) is 0.727. The average Bonchev–Trinajstić information content (AvgIpc) is 2.97. The van der Waals surface area contributed by atoms with Crippen LogP contribution in [0.2, 0.25) is 5.02 Å². The van der Waals surface area contributed by atoms with E-state index in [2.05, 4.69) is 10.3 Å². The Kier molecular flexibility index (Phi) is 3.03. The summed E-state index contributed by atoms with van der Waals surface area (Å²) < 4.78 is 0.962. The molecule has 2 heterocycles. The van der Waals surface area contributed by atoms with Crippen LogP contribution < -0.4 is 5.32 Å². The van der Waals surface area contributed by atoms with Crippen molar-refractivity contribution in [3.05, 3.63) is 45.6 Å². The van der Waals surface area contributed by atoms with Crippen LogP contribution in [0.15, 0.2) is 35.7 Å². The molecule has 1 amide bonds. The van der Waals surface area contributed by atoms with Crippen molar-refractivity contribution < 1.29 is 4.79 Å². The highest BCUT2D eigenvalue weighted by atomic mass is 35.5. The SMILES string of the molecule is O=C(Nc1nc2c(Cl)cccc2s1)c1cccs1. The Labute approximate surface area is 116 Å². The smallest absolute Gasteiger partial charge is 0.267 e. The molecule has 0 aliphatic carbocycles. The van der Waals surface area contributed by atoms with Crippen LogP contribution in [-0.4, -0.2) is 10.9 Å². The van der Waals surface area contributed by atoms with Gasteiger partial charge in [-0.1, -0.05) is 35.1 Å². The lowest BCUT2D eigenvalue weighted by Crippen LogP contribution is -2.09. The number of para-hydroxylation sites is 1. The quantitative estimate of drug-likeness (QED) is 0.767. The van der Waals surface area contributed by atoms with E-state index in [0.717, 1.165) is 10.2 Å². The molecule has 0 atom stereocenters. The van der Waals surface area contributed by atoms with Gasteiger partial charge in [-0.3, -0.25) is 10.1 Å². The highest BCUT2D eigenvalue weighted by Crippen LogP contribution is 2.30. The summed E-state index contributed by atoms with van der Waals surface area (Å²) in [6.07, 6.45) is 0. The van der Waals surface area contributed by atoms with Crippen molar-refractivity contribution in [2.75, 3.05) is 5.32 Å². The Morgan fingerprint density at radius 2 is 2.17 bits per heavy atom. The van der Waals surface area contributed by atoms with Gasteiger partial charge < -0.3 is 0 Å². The Morgan fingerprint density at radius 1 is 1.28 bits per heavy atom. The molecule has 3 rings (SSSR count). The zero-order valence-electron chi connectivity index (χ0n) is 9.01. The van der Waals surface area contributed by atoms with E-state index in [4.69, 9.17) is 11.6 Å². The van der Waals surface area contributed by atoms with E-state index in [1.807, 2.05) is 23.6 Å². The van der Waals surface area contributed by atoms with E-state index in [9.17, 15) is 4.79 Å². The van der Waals surface area contributed by atoms with Crippen molar-refractivity contribution in [1.29, 1.82) is 0 Å². The van der Waals surface area contributed by atoms with E-state index in [1.54, 1.807) is 12.1 Å². The predicted octanol–water partition coefficient (Wildman–Crippen LogP) is 4.26. The van der Waals surface area contributed by atoms with Gasteiger partial charge in [-0.05, 0) is 23.6 Å². The third-order valence-corrected chi connectivity index (χ3v) is 4.44. The van der Waals surface area contributed by atoms with Crippen LogP contribution in [0.5, 0.6) is 0 Å². The van der Waals surface area contributed by atoms with E-state index in [-0.39, 0.29) is 5.91 Å². The summed E-state index contributed by atoms with van der Waals surface area (Å²) in [6.45, 7) is 0. The van der Waals surface area contributed by atoms with Crippen LogP contribution in [0.4, 0.5) is 5.13 Å². The van der Waals surface area contributed by atoms with E-state index in [0.29, 0.717) is 15.0 Å². The first kappa shape index (κ1) is 11.6. The monoisotopic (exact) mass is 294 g/mol. The highest BCUT2D eigenvalue weighted by molar-refractivity contribution is 7.22. The number of halogens is 1. The van der Waals surface area contributed by atoms with E-state index >= 15 is 0 Å². The maximum Gasteiger partial charge on any atom is 0.267 e. The molecule has 3 aromatic rings. The minimum Gasteiger partial charge on any atom is -0.297 e. The molecule has 0 unspecified atom stereocenters. The summed E-state index contributed by atoms with van der Waals surface area (Å²) in [5.74, 6) is -0.139. The first-order chi connectivity index (χ1) is 8.74. The topological polar surface area (TPSA) is 42.0 Å². The van der Waals surface area contributed by atoms with Gasteiger partial charge >= 0.3 is 0 Å². The van der Waals surface area contributed by atoms with E-state index < -0.39 is 0 Å². The Bertz CT molecular complexity index is 706. The van der Waals surface area contributed by atoms with Gasteiger partial charge in [0.2, 0.25) is 0 Å². The normalized spacial score (nSPS) is 10.7. The van der Waals surface area contributed by atoms with Gasteiger partial charge in [0, 0.05) is 0 Å². The zero-order chi connectivity index (χ0) is 12.5. The lowest BCUT2D eigenvalue weighted by atomic mass is 10.3. The second-order valence-electron chi connectivity index (χ2n) is 3.54. The summed E-state index contributed by atoms with van der Waals surface area (Å²) in [5, 5.41) is 5.81. The van der Waals surface area contributed by atoms with Crippen molar-refractivity contribution in [2.45, 2.75) is 0 Å². The lowest BCUT2D eigenvalue weighted by molar-refractivity contribution is 0.103. The molecule has 1 N–H and O–H groups in total. The number of thiophene rings is 1. The number of anilines is 1. The van der Waals surface area contributed by atoms with Crippen molar-refractivity contribution in [2.24, 2.45) is 0 Å². The fourth-order valence-corrected chi connectivity index (χ4v) is 3.31. The van der Waals surface area contributed by atoms with Gasteiger partial charge in [0.1, 0.15) is 5.52 Å². The molecule has 0 spiro atoms. The summed E-state index contributed by atoms with van der Waals surface area (Å²) in [7, 11) is 0. The number of nitrogens with one attached hydrogen (secondary N) is 1. The van der Waals surface area contributed by atoms with Crippen molar-refractivity contribution in [3.63, 3.8) is 0 Å². The Morgan fingerprint density at radius 3 is 2.89 bits per heavy atom. The number of carbonyl (C=O) groups excluding carboxylic acids is 1. The minimum atomic E-state index is -0.139. The number of aromatic nitrogens is 1. The van der Waals surface area contributed by atoms with Gasteiger partial charge in [-0.2, -0.15) is 0 Å². The van der Waals surface area contributed by atoms with Crippen LogP contribution in [0.3, 0.4) is 0 Å². The third-order valence-electron chi connectivity index (χ3n) is 2.34. The standard InChI is InChI=1S/C12H7ClN2OS2/c13-7-3-1-4-8-10(7)14-12(18-8)15-11(16)9-5-2-6-17-9/h1-6H,(H,14,15,16). The molecule has 0 saturated carbocycles. The number of amides is 1. The Balaban J connectivity index is 1.92. The van der Waals surface area contributed by atoms with Crippen molar-refractivity contribution in [3.8, 4) is 0 Å². The molecule has 0 aliphatic heterocycles. The number of thiazole rings is 1. The van der Waals surface area contributed by atoms with Gasteiger partial charge in [-0.15, -0.1) is 11.3 Å². The van der Waals surface area contributed by atoms with Crippen LogP contribution in [-0.2, 0) is 0 Å². The fraction of sp³-hybridized carbons (Fsp3) is 0. The second-order valence-corrected chi connectivity index (χ2v) is 5.92. The summed E-state index contributed by atoms with van der Waals surface area (Å²) in [6, 6.07) is 9.21. The number of carbonyl (C=O) groups is 1. The van der Waals surface area contributed by atoms with Crippen molar-refractivity contribution in [1.82, 2.24) is 4.98 Å². The molecule has 90 valence electrons. The van der Waals surface area contributed by atoms with Crippen LogP contribution >= 0.6 is 34.3 Å². The number of hydrogen-bond donors (Lipinski definition) is 1. The molecule has 1 aromatic carbocycles. The number of hydrogen-bond acceptors (Lipinski definition) is 4. The summed E-state index contributed by atoms with van der Waals surface area (Å²) in [4.78, 5) is 16.9. The summed E-state index contributed by atoms with van der Waals surface area (Å²) >= 11 is 8.85. The maximum absolute atomic E-state index is 11.9. The van der Waals surface area contributed by atoms with Gasteiger partial charge in [0.15, 0.2) is 5.13 Å². The molecule has 0 aliphatic rings. The first-order valence-corrected chi connectivity index (χ1v) is 7.21. The average molecular weight is 295 g/mol. The molecule has 2 aromatic heterocycles. The zero-order valence-corrected chi connectivity index (χ0v) is 11.4. The Hall–Kier alpha value is -1.43. The molecule has 18 heavy (non-hydrogen) atoms. The largest absolute Gasteiger partial charge is 0.297 e. The highest BCUT2D eigenvalue weighted by Gasteiger charge is 2.11.